The van der Waals surface area contributed by atoms with Gasteiger partial charge in [0.1, 0.15) is 18.2 Å². The fraction of sp³-hybridized carbons (Fsp3) is 0.182. The molecule has 0 aromatic heterocycles. The second-order valence-corrected chi connectivity index (χ2v) is 7.97. The zero-order chi connectivity index (χ0) is 21.7. The lowest BCUT2D eigenvalue weighted by molar-refractivity contribution is 0.278. The molecular weight excluding hydrogens is 496 g/mol. The summed E-state index contributed by atoms with van der Waals surface area (Å²) in [4.78, 5) is 0. The minimum absolute atomic E-state index is 0.0254. The molecular formula is C22H19BrCl2FNO3. The van der Waals surface area contributed by atoms with Crippen LogP contribution in [0.25, 0.3) is 0 Å². The molecule has 0 atom stereocenters. The Morgan fingerprint density at radius 2 is 1.73 bits per heavy atom. The van der Waals surface area contributed by atoms with E-state index in [0.29, 0.717) is 38.3 Å². The predicted molar refractivity (Wildman–Crippen MR) is 122 cm³/mol. The largest absolute Gasteiger partial charge is 0.495 e. The van der Waals surface area contributed by atoms with E-state index in [2.05, 4.69) is 21.2 Å². The highest BCUT2D eigenvalue weighted by molar-refractivity contribution is 9.10. The Bertz CT molecular complexity index is 1030. The molecule has 0 aliphatic carbocycles. The number of benzene rings is 3. The molecule has 0 unspecified atom stereocenters. The fourth-order valence-electron chi connectivity index (χ4n) is 2.81. The lowest BCUT2D eigenvalue weighted by Gasteiger charge is -2.16. The maximum atomic E-state index is 14.0. The van der Waals surface area contributed by atoms with E-state index in [1.807, 2.05) is 18.2 Å². The van der Waals surface area contributed by atoms with Crippen LogP contribution >= 0.6 is 39.1 Å². The first kappa shape index (κ1) is 22.5. The molecule has 0 saturated heterocycles. The first-order valence-corrected chi connectivity index (χ1v) is 10.5. The summed E-state index contributed by atoms with van der Waals surface area (Å²) in [5.41, 5.74) is 2.09. The Morgan fingerprint density at radius 1 is 0.967 bits per heavy atom. The lowest BCUT2D eigenvalue weighted by Crippen LogP contribution is -2.04. The monoisotopic (exact) mass is 513 g/mol. The van der Waals surface area contributed by atoms with Gasteiger partial charge in [0.25, 0.3) is 0 Å². The van der Waals surface area contributed by atoms with Gasteiger partial charge in [0, 0.05) is 17.8 Å². The number of halogens is 4. The van der Waals surface area contributed by atoms with Gasteiger partial charge >= 0.3 is 0 Å². The molecule has 0 radical (unpaired) electrons. The molecule has 0 fully saturated rings. The molecule has 0 aliphatic heterocycles. The van der Waals surface area contributed by atoms with Crippen molar-refractivity contribution in [1.29, 1.82) is 0 Å². The van der Waals surface area contributed by atoms with E-state index in [0.717, 1.165) is 11.3 Å². The Balaban J connectivity index is 1.74. The predicted octanol–water partition coefficient (Wildman–Crippen LogP) is 7.10. The second kappa shape index (κ2) is 10.2. The third kappa shape index (κ3) is 5.31. The third-order valence-corrected chi connectivity index (χ3v) is 5.60. The Kier molecular flexibility index (Phi) is 7.69. The first-order chi connectivity index (χ1) is 14.4. The molecule has 0 spiro atoms. The van der Waals surface area contributed by atoms with Gasteiger partial charge in [-0.2, -0.15) is 0 Å². The van der Waals surface area contributed by atoms with Crippen LogP contribution in [0.15, 0.2) is 53.0 Å². The molecule has 1 N–H and O–H groups in total. The molecule has 0 bridgehead atoms. The highest BCUT2D eigenvalue weighted by Crippen LogP contribution is 2.38. The van der Waals surface area contributed by atoms with E-state index in [1.54, 1.807) is 38.5 Å². The summed E-state index contributed by atoms with van der Waals surface area (Å²) in [6, 6.07) is 13.7. The topological polar surface area (TPSA) is 39.7 Å². The number of hydrogen-bond acceptors (Lipinski definition) is 4. The zero-order valence-corrected chi connectivity index (χ0v) is 19.4. The Hall–Kier alpha value is -2.15. The molecule has 0 heterocycles. The van der Waals surface area contributed by atoms with Crippen LogP contribution in [0.5, 0.6) is 17.2 Å². The molecule has 0 saturated carbocycles. The highest BCUT2D eigenvalue weighted by Gasteiger charge is 2.15. The molecule has 8 heteroatoms. The van der Waals surface area contributed by atoms with Crippen molar-refractivity contribution in [2.75, 3.05) is 19.5 Å². The number of hydrogen-bond donors (Lipinski definition) is 1. The Morgan fingerprint density at radius 3 is 2.40 bits per heavy atom. The van der Waals surface area contributed by atoms with E-state index in [-0.39, 0.29) is 12.2 Å². The van der Waals surface area contributed by atoms with Crippen molar-refractivity contribution < 1.29 is 18.6 Å². The summed E-state index contributed by atoms with van der Waals surface area (Å²) in [6.07, 6.45) is 0. The fourth-order valence-corrected chi connectivity index (χ4v) is 3.89. The number of nitrogens with one attached hydrogen (secondary N) is 1. The van der Waals surface area contributed by atoms with Crippen molar-refractivity contribution in [3.8, 4) is 17.2 Å². The number of methoxy groups -OCH3 is 2. The van der Waals surface area contributed by atoms with Gasteiger partial charge in [-0.05, 0) is 64.0 Å². The molecule has 4 nitrogen and oxygen atoms in total. The third-order valence-electron chi connectivity index (χ3n) is 4.36. The summed E-state index contributed by atoms with van der Waals surface area (Å²) in [6.45, 7) is 0.499. The summed E-state index contributed by atoms with van der Waals surface area (Å²) < 4.78 is 31.1. The van der Waals surface area contributed by atoms with Gasteiger partial charge in [0.05, 0.1) is 28.7 Å². The van der Waals surface area contributed by atoms with Crippen LogP contribution in [-0.2, 0) is 13.2 Å². The van der Waals surface area contributed by atoms with Gasteiger partial charge in [-0.15, -0.1) is 0 Å². The van der Waals surface area contributed by atoms with Gasteiger partial charge in [0.2, 0.25) is 0 Å². The first-order valence-electron chi connectivity index (χ1n) is 8.92. The molecule has 158 valence electrons. The van der Waals surface area contributed by atoms with Crippen molar-refractivity contribution in [2.24, 2.45) is 0 Å². The van der Waals surface area contributed by atoms with Crippen molar-refractivity contribution in [3.63, 3.8) is 0 Å². The minimum atomic E-state index is -0.420. The molecule has 3 aromatic rings. The molecule has 30 heavy (non-hydrogen) atoms. The van der Waals surface area contributed by atoms with Crippen LogP contribution in [0.4, 0.5) is 10.1 Å². The van der Waals surface area contributed by atoms with E-state index < -0.39 is 5.82 Å². The van der Waals surface area contributed by atoms with Crippen molar-refractivity contribution >= 4 is 44.8 Å². The van der Waals surface area contributed by atoms with Crippen LogP contribution in [0.2, 0.25) is 10.0 Å². The highest BCUT2D eigenvalue weighted by atomic mass is 79.9. The number of rotatable bonds is 8. The minimum Gasteiger partial charge on any atom is -0.495 e. The maximum absolute atomic E-state index is 14.0. The Labute approximate surface area is 193 Å². The standard InChI is InChI=1S/C22H19BrCl2FNO3/c1-28-20-7-6-14(10-18(20)25)27-11-13-8-16(23)22(21(9-13)29-2)30-12-15-17(24)4-3-5-19(15)26/h3-10,27H,11-12H2,1-2H3. The van der Waals surface area contributed by atoms with Gasteiger partial charge in [-0.3, -0.25) is 0 Å². The van der Waals surface area contributed by atoms with Crippen LogP contribution < -0.4 is 19.5 Å². The SMILES string of the molecule is COc1ccc(NCc2cc(Br)c(OCc3c(F)cccc3Cl)c(OC)c2)cc1Cl. The van der Waals surface area contributed by atoms with Crippen LogP contribution in [0.3, 0.4) is 0 Å². The number of ether oxygens (including phenoxy) is 3. The molecule has 0 aliphatic rings. The van der Waals surface area contributed by atoms with E-state index in [1.165, 1.54) is 6.07 Å². The van der Waals surface area contributed by atoms with Gasteiger partial charge in [-0.1, -0.05) is 29.3 Å². The second-order valence-electron chi connectivity index (χ2n) is 6.30. The zero-order valence-electron chi connectivity index (χ0n) is 16.3. The van der Waals surface area contributed by atoms with Gasteiger partial charge in [0.15, 0.2) is 11.5 Å². The van der Waals surface area contributed by atoms with Crippen molar-refractivity contribution in [2.45, 2.75) is 13.2 Å². The molecule has 0 amide bonds. The van der Waals surface area contributed by atoms with Crippen LogP contribution in [0.1, 0.15) is 11.1 Å². The quantitative estimate of drug-likeness (QED) is 0.348. The van der Waals surface area contributed by atoms with Crippen LogP contribution in [-0.4, -0.2) is 14.2 Å². The van der Waals surface area contributed by atoms with Gasteiger partial charge in [-0.25, -0.2) is 4.39 Å². The molecule has 3 aromatic carbocycles. The average Bonchev–Trinajstić information content (AvgIpc) is 2.72. The average molecular weight is 515 g/mol. The van der Waals surface area contributed by atoms with Crippen LogP contribution in [0, 0.1) is 5.82 Å². The summed E-state index contributed by atoms with van der Waals surface area (Å²) >= 11 is 15.8. The normalized spacial score (nSPS) is 10.6. The van der Waals surface area contributed by atoms with E-state index >= 15 is 0 Å². The van der Waals surface area contributed by atoms with E-state index in [9.17, 15) is 4.39 Å². The lowest BCUT2D eigenvalue weighted by atomic mass is 10.2. The van der Waals surface area contributed by atoms with Crippen molar-refractivity contribution in [1.82, 2.24) is 0 Å². The summed E-state index contributed by atoms with van der Waals surface area (Å²) in [5.74, 6) is 1.18. The number of anilines is 1. The smallest absolute Gasteiger partial charge is 0.175 e. The van der Waals surface area contributed by atoms with Crippen molar-refractivity contribution in [3.05, 3.63) is 80.0 Å². The van der Waals surface area contributed by atoms with E-state index in [4.69, 9.17) is 37.4 Å². The summed E-state index contributed by atoms with van der Waals surface area (Å²) in [5, 5.41) is 4.13. The maximum Gasteiger partial charge on any atom is 0.175 e. The summed E-state index contributed by atoms with van der Waals surface area (Å²) in [7, 11) is 3.12. The van der Waals surface area contributed by atoms with Gasteiger partial charge < -0.3 is 19.5 Å². The molecule has 3 rings (SSSR count).